The Kier molecular flexibility index (Phi) is 3.78. The molecule has 1 nitrogen and oxygen atoms in total. The minimum absolute atomic E-state index is 0.320. The first kappa shape index (κ1) is 13.2. The quantitative estimate of drug-likeness (QED) is 0.884. The van der Waals surface area contributed by atoms with Crippen molar-refractivity contribution in [2.75, 3.05) is 0 Å². The van der Waals surface area contributed by atoms with Crippen molar-refractivity contribution in [2.45, 2.75) is 13.0 Å². The number of benzene rings is 2. The Labute approximate surface area is 112 Å². The summed E-state index contributed by atoms with van der Waals surface area (Å²) >= 11 is 3.33. The van der Waals surface area contributed by atoms with Crippen LogP contribution in [0.3, 0.4) is 0 Å². The van der Waals surface area contributed by atoms with Crippen LogP contribution in [0.15, 0.2) is 40.9 Å². The van der Waals surface area contributed by atoms with Gasteiger partial charge in [0, 0.05) is 4.47 Å². The normalized spacial score (nSPS) is 12.5. The van der Waals surface area contributed by atoms with Crippen LogP contribution in [-0.4, -0.2) is 5.11 Å². The summed E-state index contributed by atoms with van der Waals surface area (Å²) in [5.41, 5.74) is 1.03. The lowest BCUT2D eigenvalue weighted by Gasteiger charge is -2.14. The van der Waals surface area contributed by atoms with Gasteiger partial charge in [-0.05, 0) is 36.2 Å². The Morgan fingerprint density at radius 2 is 1.72 bits per heavy atom. The number of hydrogen-bond acceptors (Lipinski definition) is 1. The molecule has 0 aliphatic carbocycles. The van der Waals surface area contributed by atoms with Gasteiger partial charge in [0.2, 0.25) is 0 Å². The number of aliphatic hydroxyl groups is 1. The van der Waals surface area contributed by atoms with E-state index in [1.54, 1.807) is 18.2 Å². The lowest BCUT2D eigenvalue weighted by Crippen LogP contribution is -2.06. The molecule has 0 bridgehead atoms. The van der Waals surface area contributed by atoms with E-state index >= 15 is 0 Å². The van der Waals surface area contributed by atoms with Crippen LogP contribution in [0.1, 0.15) is 22.8 Å². The number of halogens is 3. The smallest absolute Gasteiger partial charge is 0.132 e. The SMILES string of the molecule is Cc1cc(C(O)c2c(F)cccc2F)ccc1Br. The van der Waals surface area contributed by atoms with Gasteiger partial charge in [-0.25, -0.2) is 8.78 Å². The summed E-state index contributed by atoms with van der Waals surface area (Å²) in [5, 5.41) is 10.1. The number of aryl methyl sites for hydroxylation is 1. The van der Waals surface area contributed by atoms with Crippen molar-refractivity contribution in [3.8, 4) is 0 Å². The highest BCUT2D eigenvalue weighted by Crippen LogP contribution is 2.29. The summed E-state index contributed by atoms with van der Waals surface area (Å²) < 4.78 is 28.0. The molecule has 1 unspecified atom stereocenters. The highest BCUT2D eigenvalue weighted by atomic mass is 79.9. The van der Waals surface area contributed by atoms with Crippen LogP contribution in [0.4, 0.5) is 8.78 Å². The van der Waals surface area contributed by atoms with Gasteiger partial charge in [0.25, 0.3) is 0 Å². The van der Waals surface area contributed by atoms with E-state index < -0.39 is 17.7 Å². The second-order valence-corrected chi connectivity index (χ2v) is 4.90. The third-order valence-corrected chi connectivity index (χ3v) is 3.66. The summed E-state index contributed by atoms with van der Waals surface area (Å²) in [6.45, 7) is 1.85. The zero-order chi connectivity index (χ0) is 13.3. The van der Waals surface area contributed by atoms with Gasteiger partial charge in [-0.3, -0.25) is 0 Å². The molecule has 0 saturated heterocycles. The van der Waals surface area contributed by atoms with Crippen molar-refractivity contribution in [1.29, 1.82) is 0 Å². The van der Waals surface area contributed by atoms with Gasteiger partial charge in [0.15, 0.2) is 0 Å². The van der Waals surface area contributed by atoms with Crippen molar-refractivity contribution >= 4 is 15.9 Å². The lowest BCUT2D eigenvalue weighted by molar-refractivity contribution is 0.209. The first-order valence-electron chi connectivity index (χ1n) is 5.38. The highest BCUT2D eigenvalue weighted by Gasteiger charge is 2.19. The monoisotopic (exact) mass is 312 g/mol. The molecule has 18 heavy (non-hydrogen) atoms. The minimum Gasteiger partial charge on any atom is -0.383 e. The maximum Gasteiger partial charge on any atom is 0.132 e. The zero-order valence-corrected chi connectivity index (χ0v) is 11.2. The van der Waals surface area contributed by atoms with Crippen LogP contribution in [0, 0.1) is 18.6 Å². The lowest BCUT2D eigenvalue weighted by atomic mass is 9.99. The Morgan fingerprint density at radius 1 is 1.11 bits per heavy atom. The number of hydrogen-bond donors (Lipinski definition) is 1. The van der Waals surface area contributed by atoms with E-state index in [0.29, 0.717) is 5.56 Å². The highest BCUT2D eigenvalue weighted by molar-refractivity contribution is 9.10. The molecule has 0 radical (unpaired) electrons. The van der Waals surface area contributed by atoms with Gasteiger partial charge in [0.05, 0.1) is 5.56 Å². The molecule has 0 amide bonds. The van der Waals surface area contributed by atoms with Crippen LogP contribution < -0.4 is 0 Å². The zero-order valence-electron chi connectivity index (χ0n) is 9.62. The molecule has 0 heterocycles. The Hall–Kier alpha value is -1.26. The summed E-state index contributed by atoms with van der Waals surface area (Å²) in [7, 11) is 0. The van der Waals surface area contributed by atoms with Gasteiger partial charge in [-0.1, -0.05) is 34.1 Å². The Bertz CT molecular complexity index is 564. The fourth-order valence-corrected chi connectivity index (χ4v) is 2.02. The van der Waals surface area contributed by atoms with Crippen LogP contribution in [0.2, 0.25) is 0 Å². The maximum atomic E-state index is 13.6. The molecule has 2 aromatic rings. The van der Waals surface area contributed by atoms with Crippen LogP contribution in [0.5, 0.6) is 0 Å². The van der Waals surface area contributed by atoms with Gasteiger partial charge < -0.3 is 5.11 Å². The Balaban J connectivity index is 2.48. The average molecular weight is 313 g/mol. The van der Waals surface area contributed by atoms with Gasteiger partial charge in [-0.15, -0.1) is 0 Å². The third-order valence-electron chi connectivity index (χ3n) is 2.77. The summed E-state index contributed by atoms with van der Waals surface area (Å²) in [5.74, 6) is -1.49. The van der Waals surface area contributed by atoms with E-state index in [1.165, 1.54) is 6.07 Å². The standard InChI is InChI=1S/C14H11BrF2O/c1-8-7-9(5-6-10(8)15)14(18)13-11(16)3-2-4-12(13)17/h2-7,14,18H,1H3. The number of rotatable bonds is 2. The summed E-state index contributed by atoms with van der Waals surface area (Å²) in [4.78, 5) is 0. The van der Waals surface area contributed by atoms with E-state index in [-0.39, 0.29) is 5.56 Å². The van der Waals surface area contributed by atoms with Crippen molar-refractivity contribution < 1.29 is 13.9 Å². The molecule has 0 aromatic heterocycles. The molecule has 4 heteroatoms. The van der Waals surface area contributed by atoms with E-state index in [2.05, 4.69) is 15.9 Å². The predicted molar refractivity (Wildman–Crippen MR) is 69.3 cm³/mol. The molecule has 0 spiro atoms. The molecule has 1 atom stereocenters. The van der Waals surface area contributed by atoms with Crippen molar-refractivity contribution in [2.24, 2.45) is 0 Å². The topological polar surface area (TPSA) is 20.2 Å². The molecule has 0 fully saturated rings. The third kappa shape index (κ3) is 2.44. The molecule has 94 valence electrons. The van der Waals surface area contributed by atoms with E-state index in [9.17, 15) is 13.9 Å². The Morgan fingerprint density at radius 3 is 2.28 bits per heavy atom. The molecule has 2 rings (SSSR count). The van der Waals surface area contributed by atoms with Gasteiger partial charge in [0.1, 0.15) is 17.7 Å². The van der Waals surface area contributed by atoms with Crippen LogP contribution >= 0.6 is 15.9 Å². The molecule has 2 aromatic carbocycles. The number of aliphatic hydroxyl groups excluding tert-OH is 1. The second-order valence-electron chi connectivity index (χ2n) is 4.05. The van der Waals surface area contributed by atoms with Crippen molar-refractivity contribution in [3.05, 3.63) is 69.2 Å². The maximum absolute atomic E-state index is 13.6. The van der Waals surface area contributed by atoms with E-state index in [0.717, 1.165) is 22.2 Å². The van der Waals surface area contributed by atoms with Gasteiger partial charge in [-0.2, -0.15) is 0 Å². The molecule has 0 saturated carbocycles. The molecule has 0 aliphatic rings. The molecular formula is C14H11BrF2O. The van der Waals surface area contributed by atoms with Crippen LogP contribution in [-0.2, 0) is 0 Å². The second kappa shape index (κ2) is 5.16. The van der Waals surface area contributed by atoms with Crippen LogP contribution in [0.25, 0.3) is 0 Å². The fraction of sp³-hybridized carbons (Fsp3) is 0.143. The molecule has 1 N–H and O–H groups in total. The molecule has 0 aliphatic heterocycles. The largest absolute Gasteiger partial charge is 0.383 e. The van der Waals surface area contributed by atoms with Crippen molar-refractivity contribution in [1.82, 2.24) is 0 Å². The van der Waals surface area contributed by atoms with Gasteiger partial charge >= 0.3 is 0 Å². The fourth-order valence-electron chi connectivity index (χ4n) is 1.78. The summed E-state index contributed by atoms with van der Waals surface area (Å²) in [6, 6.07) is 8.61. The first-order valence-corrected chi connectivity index (χ1v) is 6.18. The first-order chi connectivity index (χ1) is 8.50. The average Bonchev–Trinajstić information content (AvgIpc) is 2.32. The summed E-state index contributed by atoms with van der Waals surface area (Å²) in [6.07, 6.45) is -1.31. The molecular weight excluding hydrogens is 302 g/mol. The predicted octanol–water partition coefficient (Wildman–Crippen LogP) is 4.12. The minimum atomic E-state index is -1.31. The van der Waals surface area contributed by atoms with E-state index in [1.807, 2.05) is 6.92 Å². The van der Waals surface area contributed by atoms with Crippen molar-refractivity contribution in [3.63, 3.8) is 0 Å². The van der Waals surface area contributed by atoms with E-state index in [4.69, 9.17) is 0 Å².